The van der Waals surface area contributed by atoms with Crippen LogP contribution in [-0.4, -0.2) is 87.0 Å². The summed E-state index contributed by atoms with van der Waals surface area (Å²) in [4.78, 5) is 42.4. The predicted octanol–water partition coefficient (Wildman–Crippen LogP) is 9.48. The van der Waals surface area contributed by atoms with Crippen molar-refractivity contribution in [2.24, 2.45) is 0 Å². The number of methoxy groups -OCH3 is 2. The van der Waals surface area contributed by atoms with Crippen LogP contribution in [-0.2, 0) is 28.7 Å². The van der Waals surface area contributed by atoms with Crippen molar-refractivity contribution < 1.29 is 38.9 Å². The van der Waals surface area contributed by atoms with Crippen LogP contribution in [0.1, 0.15) is 231 Å². The van der Waals surface area contributed by atoms with Crippen LogP contribution in [0.4, 0.5) is 0 Å². The molecular formula is C42H78BaO8. The number of hydrogen-bond acceptors (Lipinski definition) is 8. The summed E-state index contributed by atoms with van der Waals surface area (Å²) < 4.78 is 9.25. The van der Waals surface area contributed by atoms with Crippen molar-refractivity contribution in [2.75, 3.05) is 14.2 Å². The molecule has 51 heavy (non-hydrogen) atoms. The number of carbonyl (C=O) groups is 4. The zero-order valence-corrected chi connectivity index (χ0v) is 37.9. The number of carbonyl (C=O) groups excluding carboxylic acids is 4. The number of aliphatic carboxylic acids is 2. The van der Waals surface area contributed by atoms with Crippen LogP contribution in [0.25, 0.3) is 0 Å². The van der Waals surface area contributed by atoms with Gasteiger partial charge in [-0.15, -0.1) is 0 Å². The van der Waals surface area contributed by atoms with Gasteiger partial charge in [-0.3, -0.25) is 9.59 Å². The van der Waals surface area contributed by atoms with E-state index in [0.717, 1.165) is 64.2 Å². The number of carboxylic acid groups (broad SMARTS) is 2. The third-order valence-electron chi connectivity index (χ3n) is 9.48. The molecule has 0 rings (SSSR count). The fourth-order valence-corrected chi connectivity index (χ4v) is 6.23. The molecule has 0 aliphatic heterocycles. The first-order valence-electron chi connectivity index (χ1n) is 20.9. The third kappa shape index (κ3) is 53.9. The van der Waals surface area contributed by atoms with Gasteiger partial charge < -0.3 is 29.3 Å². The molecule has 0 N–H and O–H groups in total. The molecule has 0 spiro atoms. The maximum atomic E-state index is 11.0. The molecule has 0 saturated heterocycles. The van der Waals surface area contributed by atoms with Crippen molar-refractivity contribution in [2.45, 2.75) is 231 Å². The molecule has 0 aromatic rings. The molecular weight excluding hydrogens is 770 g/mol. The molecule has 0 fully saturated rings. The Bertz CT molecular complexity index is 699. The number of esters is 2. The van der Waals surface area contributed by atoms with Crippen LogP contribution < -0.4 is 10.2 Å². The second-order valence-corrected chi connectivity index (χ2v) is 14.2. The maximum absolute atomic E-state index is 11.0. The van der Waals surface area contributed by atoms with Gasteiger partial charge in [-0.05, 0) is 38.5 Å². The maximum Gasteiger partial charge on any atom is 2.00 e. The van der Waals surface area contributed by atoms with E-state index in [0.29, 0.717) is 12.8 Å². The van der Waals surface area contributed by atoms with Crippen LogP contribution in [0.3, 0.4) is 0 Å². The van der Waals surface area contributed by atoms with Gasteiger partial charge in [-0.1, -0.05) is 180 Å². The molecule has 0 aliphatic carbocycles. The molecule has 0 amide bonds. The first-order valence-corrected chi connectivity index (χ1v) is 20.9. The zero-order valence-electron chi connectivity index (χ0n) is 33.4. The summed E-state index contributed by atoms with van der Waals surface area (Å²) in [5, 5.41) is 20.5. The largest absolute Gasteiger partial charge is 2.00 e. The molecule has 9 heteroatoms. The summed E-state index contributed by atoms with van der Waals surface area (Å²) in [6, 6.07) is 0. The van der Waals surface area contributed by atoms with Gasteiger partial charge in [-0.2, -0.15) is 0 Å². The molecule has 0 aromatic carbocycles. The van der Waals surface area contributed by atoms with E-state index < -0.39 is 11.9 Å². The Morgan fingerprint density at radius 1 is 0.294 bits per heavy atom. The van der Waals surface area contributed by atoms with E-state index in [-0.39, 0.29) is 73.7 Å². The van der Waals surface area contributed by atoms with Gasteiger partial charge in [0.25, 0.3) is 0 Å². The fourth-order valence-electron chi connectivity index (χ4n) is 6.23. The molecule has 8 nitrogen and oxygen atoms in total. The van der Waals surface area contributed by atoms with E-state index in [1.54, 1.807) is 0 Å². The summed E-state index contributed by atoms with van der Waals surface area (Å²) >= 11 is 0. The van der Waals surface area contributed by atoms with Crippen LogP contribution in [0.2, 0.25) is 0 Å². The van der Waals surface area contributed by atoms with E-state index in [1.165, 1.54) is 155 Å². The Kier molecular flexibility index (Phi) is 51.0. The second-order valence-electron chi connectivity index (χ2n) is 14.2. The van der Waals surface area contributed by atoms with E-state index in [1.807, 2.05) is 0 Å². The van der Waals surface area contributed by atoms with Gasteiger partial charge in [-0.25, -0.2) is 0 Å². The minimum Gasteiger partial charge on any atom is -0.550 e. The van der Waals surface area contributed by atoms with Crippen LogP contribution in [0.5, 0.6) is 0 Å². The Labute approximate surface area is 354 Å². The zero-order chi connectivity index (χ0) is 37.2. The monoisotopic (exact) mass is 848 g/mol. The number of unbranched alkanes of at least 4 members (excludes halogenated alkanes) is 30. The van der Waals surface area contributed by atoms with Crippen molar-refractivity contribution in [3.8, 4) is 0 Å². The van der Waals surface area contributed by atoms with E-state index >= 15 is 0 Å². The molecule has 0 heterocycles. The predicted molar refractivity (Wildman–Crippen MR) is 206 cm³/mol. The first kappa shape index (κ1) is 54.8. The first-order chi connectivity index (χ1) is 24.3. The van der Waals surface area contributed by atoms with E-state index in [9.17, 15) is 29.4 Å². The summed E-state index contributed by atoms with van der Waals surface area (Å²) in [6.07, 6.45) is 40.6. The van der Waals surface area contributed by atoms with Crippen molar-refractivity contribution in [1.82, 2.24) is 0 Å². The van der Waals surface area contributed by atoms with Gasteiger partial charge in [0.2, 0.25) is 0 Å². The molecule has 0 atom stereocenters. The van der Waals surface area contributed by atoms with Gasteiger partial charge in [0.1, 0.15) is 0 Å². The van der Waals surface area contributed by atoms with Gasteiger partial charge in [0, 0.05) is 24.8 Å². The quantitative estimate of drug-likeness (QED) is 0.0341. The minimum absolute atomic E-state index is 0. The SMILES string of the molecule is COC(=O)CCCCCCCCCCCCCCCCCCC(=O)[O-].COC(=O)CCCCCCCCCCCCCCCCCCC(=O)[O-].[Ba+2]. The Hall–Kier alpha value is -0.549. The summed E-state index contributed by atoms with van der Waals surface area (Å²) in [5.41, 5.74) is 0. The van der Waals surface area contributed by atoms with Gasteiger partial charge in [0.15, 0.2) is 0 Å². The average Bonchev–Trinajstić information content (AvgIpc) is 3.10. The number of rotatable bonds is 38. The number of carboxylic acids is 2. The van der Waals surface area contributed by atoms with Crippen molar-refractivity contribution in [3.05, 3.63) is 0 Å². The summed E-state index contributed by atoms with van der Waals surface area (Å²) in [5.74, 6) is -2.01. The summed E-state index contributed by atoms with van der Waals surface area (Å²) in [6.45, 7) is 0. The molecule has 0 bridgehead atoms. The Balaban J connectivity index is -0.000000886. The van der Waals surface area contributed by atoms with Crippen molar-refractivity contribution in [3.63, 3.8) is 0 Å². The molecule has 0 saturated carbocycles. The topological polar surface area (TPSA) is 133 Å². The normalized spacial score (nSPS) is 10.5. The van der Waals surface area contributed by atoms with E-state index in [2.05, 4.69) is 9.47 Å². The third-order valence-corrected chi connectivity index (χ3v) is 9.48. The van der Waals surface area contributed by atoms with Crippen molar-refractivity contribution in [1.29, 1.82) is 0 Å². The van der Waals surface area contributed by atoms with Crippen LogP contribution in [0, 0.1) is 0 Å². The van der Waals surface area contributed by atoms with E-state index in [4.69, 9.17) is 0 Å². The van der Waals surface area contributed by atoms with Crippen molar-refractivity contribution >= 4 is 72.8 Å². The smallest absolute Gasteiger partial charge is 0.550 e. The van der Waals surface area contributed by atoms with Gasteiger partial charge >= 0.3 is 60.8 Å². The summed E-state index contributed by atoms with van der Waals surface area (Å²) in [7, 11) is 2.90. The molecule has 0 aliphatic rings. The molecule has 296 valence electrons. The average molecular weight is 848 g/mol. The van der Waals surface area contributed by atoms with Crippen LogP contribution >= 0.6 is 0 Å². The van der Waals surface area contributed by atoms with Crippen LogP contribution in [0.15, 0.2) is 0 Å². The molecule has 0 radical (unpaired) electrons. The minimum atomic E-state index is -0.918. The number of ether oxygens (including phenoxy) is 2. The fraction of sp³-hybridized carbons (Fsp3) is 0.905. The number of hydrogen-bond donors (Lipinski definition) is 0. The Morgan fingerprint density at radius 2 is 0.431 bits per heavy atom. The standard InChI is InChI=1S/2C21H40O4.Ba/c2*1-25-21(24)19-17-15-13-11-9-7-5-3-2-4-6-8-10-12-14-16-18-20(22)23;/h2*2-19H2,1H3,(H,22,23);/q;;+2/p-2. The van der Waals surface area contributed by atoms with Gasteiger partial charge in [0.05, 0.1) is 14.2 Å². The Morgan fingerprint density at radius 3 is 0.569 bits per heavy atom. The molecule has 0 aromatic heterocycles. The second kappa shape index (κ2) is 47.5. The molecule has 0 unspecified atom stereocenters.